The maximum atomic E-state index is 12.8. The van der Waals surface area contributed by atoms with Crippen molar-refractivity contribution in [1.29, 1.82) is 0 Å². The minimum absolute atomic E-state index is 0.00316. The van der Waals surface area contributed by atoms with Crippen LogP contribution in [0.2, 0.25) is 0 Å². The van der Waals surface area contributed by atoms with Crippen LogP contribution < -0.4 is 0 Å². The van der Waals surface area contributed by atoms with Gasteiger partial charge in [0.05, 0.1) is 5.92 Å². The Balaban J connectivity index is 2.37. The third-order valence-electron chi connectivity index (χ3n) is 4.23. The summed E-state index contributed by atoms with van der Waals surface area (Å²) in [6.07, 6.45) is 2.55. The number of imidazole rings is 1. The smallest absolute Gasteiger partial charge is 0.308 e. The summed E-state index contributed by atoms with van der Waals surface area (Å²) in [5.74, 6) is -0.814. The van der Waals surface area contributed by atoms with Gasteiger partial charge in [0, 0.05) is 31.7 Å². The molecule has 0 aliphatic carbocycles. The molecule has 2 heterocycles. The van der Waals surface area contributed by atoms with E-state index in [0.717, 1.165) is 0 Å². The zero-order chi connectivity index (χ0) is 16.7. The second kappa shape index (κ2) is 6.00. The Morgan fingerprint density at radius 2 is 2.09 bits per heavy atom. The summed E-state index contributed by atoms with van der Waals surface area (Å²) in [7, 11) is -2.01. The SMILES string of the molecule is CC(C)c1nc(S(=O)(=O)N2CCC[C@H](C(=O)O)[C@@H]2C)cn1C. The molecule has 1 aromatic rings. The lowest BCUT2D eigenvalue weighted by atomic mass is 9.92. The van der Waals surface area contributed by atoms with Gasteiger partial charge in [0.15, 0.2) is 5.03 Å². The lowest BCUT2D eigenvalue weighted by Gasteiger charge is -2.35. The highest BCUT2D eigenvalue weighted by Gasteiger charge is 2.40. The number of carboxylic acids is 1. The highest BCUT2D eigenvalue weighted by Crippen LogP contribution is 2.29. The molecule has 0 spiro atoms. The summed E-state index contributed by atoms with van der Waals surface area (Å²) in [6, 6.07) is -0.569. The predicted molar refractivity (Wildman–Crippen MR) is 81.0 cm³/mol. The Bertz CT molecular complexity index is 666. The van der Waals surface area contributed by atoms with Gasteiger partial charge in [0.2, 0.25) is 0 Å². The van der Waals surface area contributed by atoms with E-state index >= 15 is 0 Å². The number of piperidine rings is 1. The Kier molecular flexibility index (Phi) is 4.62. The normalized spacial score (nSPS) is 23.9. The minimum atomic E-state index is -3.77. The molecule has 1 aromatic heterocycles. The van der Waals surface area contributed by atoms with Crippen LogP contribution in [0.15, 0.2) is 11.2 Å². The fourth-order valence-electron chi connectivity index (χ4n) is 3.01. The number of aliphatic carboxylic acids is 1. The molecule has 2 rings (SSSR count). The summed E-state index contributed by atoms with van der Waals surface area (Å²) >= 11 is 0. The van der Waals surface area contributed by atoms with Crippen molar-refractivity contribution in [3.63, 3.8) is 0 Å². The van der Waals surface area contributed by atoms with E-state index in [4.69, 9.17) is 0 Å². The highest BCUT2D eigenvalue weighted by atomic mass is 32.2. The van der Waals surface area contributed by atoms with Crippen LogP contribution in [0.4, 0.5) is 0 Å². The second-order valence-electron chi connectivity index (χ2n) is 6.15. The number of sulfonamides is 1. The van der Waals surface area contributed by atoms with Crippen molar-refractivity contribution in [1.82, 2.24) is 13.9 Å². The van der Waals surface area contributed by atoms with Crippen molar-refractivity contribution < 1.29 is 18.3 Å². The molecule has 1 aliphatic heterocycles. The Hall–Kier alpha value is -1.41. The van der Waals surface area contributed by atoms with Crippen LogP contribution >= 0.6 is 0 Å². The zero-order valence-corrected chi connectivity index (χ0v) is 14.2. The zero-order valence-electron chi connectivity index (χ0n) is 13.4. The number of carboxylic acid groups (broad SMARTS) is 1. The summed E-state index contributed by atoms with van der Waals surface area (Å²) in [5.41, 5.74) is 0. The number of hydrogen-bond donors (Lipinski definition) is 1. The van der Waals surface area contributed by atoms with Crippen molar-refractivity contribution in [3.05, 3.63) is 12.0 Å². The fraction of sp³-hybridized carbons (Fsp3) is 0.714. The van der Waals surface area contributed by atoms with E-state index in [2.05, 4.69) is 4.98 Å². The third-order valence-corrected chi connectivity index (χ3v) is 6.08. The lowest BCUT2D eigenvalue weighted by molar-refractivity contribution is -0.144. The summed E-state index contributed by atoms with van der Waals surface area (Å²) in [4.78, 5) is 15.5. The van der Waals surface area contributed by atoms with E-state index in [1.54, 1.807) is 18.5 Å². The molecule has 7 nitrogen and oxygen atoms in total. The van der Waals surface area contributed by atoms with Crippen molar-refractivity contribution >= 4 is 16.0 Å². The van der Waals surface area contributed by atoms with Crippen molar-refractivity contribution in [3.8, 4) is 0 Å². The second-order valence-corrected chi connectivity index (χ2v) is 7.98. The summed E-state index contributed by atoms with van der Waals surface area (Å²) < 4.78 is 28.6. The van der Waals surface area contributed by atoms with Gasteiger partial charge in [-0.1, -0.05) is 13.8 Å². The molecule has 0 amide bonds. The molecule has 2 atom stereocenters. The third kappa shape index (κ3) is 2.89. The van der Waals surface area contributed by atoms with Gasteiger partial charge in [-0.3, -0.25) is 4.79 Å². The molecule has 0 radical (unpaired) electrons. The van der Waals surface area contributed by atoms with Crippen molar-refractivity contribution in [2.24, 2.45) is 13.0 Å². The van der Waals surface area contributed by atoms with E-state index in [-0.39, 0.29) is 10.9 Å². The van der Waals surface area contributed by atoms with Crippen LogP contribution in [0.1, 0.15) is 45.4 Å². The molecule has 124 valence electrons. The lowest BCUT2D eigenvalue weighted by Crippen LogP contribution is -2.49. The molecule has 0 bridgehead atoms. The first-order chi connectivity index (χ1) is 10.2. The van der Waals surface area contributed by atoms with Crippen LogP contribution in [-0.4, -0.2) is 45.9 Å². The first-order valence-corrected chi connectivity index (χ1v) is 8.88. The maximum Gasteiger partial charge on any atom is 0.308 e. The molecule has 0 saturated carbocycles. The topological polar surface area (TPSA) is 92.5 Å². The largest absolute Gasteiger partial charge is 0.481 e. The average Bonchev–Trinajstić information content (AvgIpc) is 2.81. The number of aromatic nitrogens is 2. The van der Waals surface area contributed by atoms with Gasteiger partial charge in [-0.05, 0) is 19.8 Å². The Morgan fingerprint density at radius 1 is 1.45 bits per heavy atom. The van der Waals surface area contributed by atoms with Gasteiger partial charge in [-0.25, -0.2) is 13.4 Å². The molecular weight excluding hydrogens is 306 g/mol. The maximum absolute atomic E-state index is 12.8. The van der Waals surface area contributed by atoms with Gasteiger partial charge >= 0.3 is 5.97 Å². The van der Waals surface area contributed by atoms with E-state index in [1.807, 2.05) is 13.8 Å². The van der Waals surface area contributed by atoms with Crippen molar-refractivity contribution in [2.75, 3.05) is 6.54 Å². The standard InChI is InChI=1S/C14H23N3O4S/c1-9(2)13-15-12(8-16(13)4)22(20,21)17-7-5-6-11(10(17)3)14(18)19/h8-11H,5-7H2,1-4H3,(H,18,19)/t10-,11-/m0/s1. The molecule has 0 aromatic carbocycles. The van der Waals surface area contributed by atoms with E-state index in [1.165, 1.54) is 10.5 Å². The molecule has 0 unspecified atom stereocenters. The first kappa shape index (κ1) is 17.0. The van der Waals surface area contributed by atoms with Crippen molar-refractivity contribution in [2.45, 2.75) is 50.6 Å². The van der Waals surface area contributed by atoms with Gasteiger partial charge in [0.1, 0.15) is 5.82 Å². The molecule has 1 fully saturated rings. The predicted octanol–water partition coefficient (Wildman–Crippen LogP) is 1.42. The van der Waals surface area contributed by atoms with Gasteiger partial charge in [-0.2, -0.15) is 4.31 Å². The molecule has 22 heavy (non-hydrogen) atoms. The number of hydrogen-bond acceptors (Lipinski definition) is 4. The van der Waals surface area contributed by atoms with Gasteiger partial charge < -0.3 is 9.67 Å². The number of nitrogens with zero attached hydrogens (tertiary/aromatic N) is 3. The molecule has 8 heteroatoms. The molecule has 1 N–H and O–H groups in total. The van der Waals surface area contributed by atoms with Gasteiger partial charge in [-0.15, -0.1) is 0 Å². The molecular formula is C14H23N3O4S. The first-order valence-electron chi connectivity index (χ1n) is 7.44. The summed E-state index contributed by atoms with van der Waals surface area (Å²) in [6.45, 7) is 5.88. The van der Waals surface area contributed by atoms with Crippen LogP contribution in [0, 0.1) is 5.92 Å². The monoisotopic (exact) mass is 329 g/mol. The number of aryl methyl sites for hydroxylation is 1. The van der Waals surface area contributed by atoms with Crippen LogP contribution in [0.5, 0.6) is 0 Å². The van der Waals surface area contributed by atoms with E-state index in [9.17, 15) is 18.3 Å². The minimum Gasteiger partial charge on any atom is -0.481 e. The highest BCUT2D eigenvalue weighted by molar-refractivity contribution is 7.89. The Labute approximate surface area is 131 Å². The van der Waals surface area contributed by atoms with Crippen LogP contribution in [0.3, 0.4) is 0 Å². The van der Waals surface area contributed by atoms with Crippen LogP contribution in [0.25, 0.3) is 0 Å². The average molecular weight is 329 g/mol. The number of rotatable bonds is 4. The van der Waals surface area contributed by atoms with E-state index in [0.29, 0.717) is 25.2 Å². The van der Waals surface area contributed by atoms with Crippen LogP contribution in [-0.2, 0) is 21.9 Å². The molecule has 1 saturated heterocycles. The number of carbonyl (C=O) groups is 1. The van der Waals surface area contributed by atoms with E-state index < -0.39 is 28.0 Å². The quantitative estimate of drug-likeness (QED) is 0.902. The van der Waals surface area contributed by atoms with Gasteiger partial charge in [0.25, 0.3) is 10.0 Å². The Morgan fingerprint density at radius 3 is 2.59 bits per heavy atom. The summed E-state index contributed by atoms with van der Waals surface area (Å²) in [5, 5.41) is 9.24. The molecule has 1 aliphatic rings. The fourth-order valence-corrected chi connectivity index (χ4v) is 4.71.